The number of rotatable bonds is 2. The van der Waals surface area contributed by atoms with Gasteiger partial charge >= 0.3 is 0 Å². The minimum atomic E-state index is 0.0582. The van der Waals surface area contributed by atoms with Crippen LogP contribution in [0.3, 0.4) is 0 Å². The summed E-state index contributed by atoms with van der Waals surface area (Å²) in [4.78, 5) is 0.739. The number of hydrogen-bond acceptors (Lipinski definition) is 7. The summed E-state index contributed by atoms with van der Waals surface area (Å²) in [5.74, 6) is 1.14. The molecule has 0 bridgehead atoms. The molecule has 1 atom stereocenters. The summed E-state index contributed by atoms with van der Waals surface area (Å²) < 4.78 is 7.17. The summed E-state index contributed by atoms with van der Waals surface area (Å²) in [6, 6.07) is 5.11. The largest absolute Gasteiger partial charge is 0.506 e. The van der Waals surface area contributed by atoms with Crippen LogP contribution < -0.4 is 5.73 Å². The normalized spacial score (nSPS) is 18.6. The van der Waals surface area contributed by atoms with Gasteiger partial charge in [0.05, 0.1) is 12.3 Å². The lowest BCUT2D eigenvalue weighted by atomic mass is 10.1. The average molecular weight is 303 g/mol. The molecule has 4 rings (SSSR count). The van der Waals surface area contributed by atoms with Gasteiger partial charge in [-0.1, -0.05) is 11.3 Å². The van der Waals surface area contributed by atoms with Crippen LogP contribution in [0.25, 0.3) is 15.5 Å². The van der Waals surface area contributed by atoms with E-state index in [1.54, 1.807) is 16.6 Å². The van der Waals surface area contributed by atoms with Crippen LogP contribution in [-0.4, -0.2) is 38.1 Å². The topological polar surface area (TPSA) is 98.6 Å². The number of nitrogens with zero attached hydrogens (tertiary/aromatic N) is 4. The lowest BCUT2D eigenvalue weighted by molar-refractivity contribution is 0.193. The zero-order chi connectivity index (χ0) is 14.4. The molecule has 3 aromatic rings. The molecule has 8 heteroatoms. The fourth-order valence-electron chi connectivity index (χ4n) is 2.42. The van der Waals surface area contributed by atoms with E-state index in [4.69, 9.17) is 10.5 Å². The third-order valence-electron chi connectivity index (χ3n) is 3.59. The molecule has 1 aromatic carbocycles. The van der Waals surface area contributed by atoms with Crippen molar-refractivity contribution in [1.82, 2.24) is 19.8 Å². The Balaban J connectivity index is 1.78. The van der Waals surface area contributed by atoms with Crippen molar-refractivity contribution >= 4 is 22.0 Å². The van der Waals surface area contributed by atoms with Crippen LogP contribution in [-0.2, 0) is 4.74 Å². The van der Waals surface area contributed by atoms with Gasteiger partial charge < -0.3 is 15.6 Å². The number of nitrogens with two attached hydrogens (primary N) is 1. The van der Waals surface area contributed by atoms with Crippen molar-refractivity contribution in [1.29, 1.82) is 0 Å². The van der Waals surface area contributed by atoms with E-state index < -0.39 is 0 Å². The number of aromatic hydroxyl groups is 1. The Morgan fingerprint density at radius 1 is 1.38 bits per heavy atom. The van der Waals surface area contributed by atoms with Crippen molar-refractivity contribution < 1.29 is 9.84 Å². The Morgan fingerprint density at radius 3 is 3.05 bits per heavy atom. The maximum absolute atomic E-state index is 9.71. The van der Waals surface area contributed by atoms with E-state index in [0.29, 0.717) is 12.3 Å². The second-order valence-electron chi connectivity index (χ2n) is 4.99. The number of phenolic OH excluding ortho intramolecular Hbond substituents is 1. The van der Waals surface area contributed by atoms with Gasteiger partial charge in [0, 0.05) is 18.1 Å². The van der Waals surface area contributed by atoms with Crippen molar-refractivity contribution in [3.63, 3.8) is 0 Å². The Morgan fingerprint density at radius 2 is 2.29 bits per heavy atom. The number of aromatic nitrogens is 4. The molecule has 21 heavy (non-hydrogen) atoms. The zero-order valence-electron chi connectivity index (χ0n) is 11.1. The van der Waals surface area contributed by atoms with Crippen LogP contribution in [0.2, 0.25) is 0 Å². The predicted molar refractivity (Wildman–Crippen MR) is 78.3 cm³/mol. The minimum absolute atomic E-state index is 0.0582. The summed E-state index contributed by atoms with van der Waals surface area (Å²) in [5, 5.41) is 23.4. The maximum Gasteiger partial charge on any atom is 0.234 e. The van der Waals surface area contributed by atoms with Gasteiger partial charge in [0.25, 0.3) is 0 Å². The highest BCUT2D eigenvalue weighted by Crippen LogP contribution is 2.32. The van der Waals surface area contributed by atoms with Gasteiger partial charge in [-0.2, -0.15) is 9.61 Å². The molecule has 1 saturated heterocycles. The zero-order valence-corrected chi connectivity index (χ0v) is 11.9. The molecule has 0 spiro atoms. The number of anilines is 1. The Hall–Kier alpha value is -2.19. The molecule has 3 N–H and O–H groups in total. The van der Waals surface area contributed by atoms with E-state index in [-0.39, 0.29) is 11.7 Å². The molecule has 7 nitrogen and oxygen atoms in total. The lowest BCUT2D eigenvalue weighted by Gasteiger charge is -2.02. The van der Waals surface area contributed by atoms with E-state index in [1.807, 2.05) is 6.07 Å². The first-order chi connectivity index (χ1) is 10.2. The molecule has 2 aromatic heterocycles. The monoisotopic (exact) mass is 303 g/mol. The highest BCUT2D eigenvalue weighted by atomic mass is 32.1. The van der Waals surface area contributed by atoms with Crippen molar-refractivity contribution in [2.24, 2.45) is 0 Å². The lowest BCUT2D eigenvalue weighted by Crippen LogP contribution is -2.04. The molecule has 0 radical (unpaired) electrons. The van der Waals surface area contributed by atoms with Crippen molar-refractivity contribution in [2.45, 2.75) is 12.3 Å². The average Bonchev–Trinajstić information content (AvgIpc) is 3.16. The fourth-order valence-corrected chi connectivity index (χ4v) is 3.26. The van der Waals surface area contributed by atoms with Crippen molar-refractivity contribution in [3.8, 4) is 16.3 Å². The van der Waals surface area contributed by atoms with Gasteiger partial charge in [-0.25, -0.2) is 0 Å². The highest BCUT2D eigenvalue weighted by Gasteiger charge is 2.25. The first-order valence-electron chi connectivity index (χ1n) is 6.61. The van der Waals surface area contributed by atoms with E-state index in [9.17, 15) is 5.11 Å². The second kappa shape index (κ2) is 4.68. The number of benzene rings is 1. The van der Waals surface area contributed by atoms with Gasteiger partial charge in [0.15, 0.2) is 5.82 Å². The molecule has 0 saturated carbocycles. The minimum Gasteiger partial charge on any atom is -0.506 e. The van der Waals surface area contributed by atoms with E-state index in [0.717, 1.165) is 34.4 Å². The molecule has 1 aliphatic heterocycles. The maximum atomic E-state index is 9.71. The summed E-state index contributed by atoms with van der Waals surface area (Å²) in [6.45, 7) is 1.42. The van der Waals surface area contributed by atoms with E-state index in [1.165, 1.54) is 11.3 Å². The highest BCUT2D eigenvalue weighted by molar-refractivity contribution is 7.19. The molecular formula is C13H13N5O2S. The van der Waals surface area contributed by atoms with Gasteiger partial charge in [-0.15, -0.1) is 10.2 Å². The number of nitrogen functional groups attached to an aromatic ring is 1. The standard InChI is InChI=1S/C13H13N5O2S/c14-9-2-1-7(5-10(9)19)12-17-18-11(8-3-4-20-6-8)15-16-13(18)21-12/h1-2,5,8,19H,3-4,6,14H2. The molecular weight excluding hydrogens is 290 g/mol. The Labute approximate surface area is 124 Å². The first-order valence-corrected chi connectivity index (χ1v) is 7.43. The number of phenols is 1. The van der Waals surface area contributed by atoms with E-state index in [2.05, 4.69) is 15.3 Å². The first kappa shape index (κ1) is 12.5. The third-order valence-corrected chi connectivity index (χ3v) is 4.54. The van der Waals surface area contributed by atoms with Gasteiger partial charge in [-0.3, -0.25) is 0 Å². The van der Waals surface area contributed by atoms with Crippen LogP contribution in [0.1, 0.15) is 18.2 Å². The van der Waals surface area contributed by atoms with Crippen LogP contribution in [0, 0.1) is 0 Å². The number of fused-ring (bicyclic) bond motifs is 1. The second-order valence-corrected chi connectivity index (χ2v) is 5.95. The predicted octanol–water partition coefficient (Wildman–Crippen LogP) is 1.64. The van der Waals surface area contributed by atoms with Crippen LogP contribution in [0.4, 0.5) is 5.69 Å². The Bertz CT molecular complexity index is 806. The molecule has 1 fully saturated rings. The third kappa shape index (κ3) is 2.03. The summed E-state index contributed by atoms with van der Waals surface area (Å²) in [6.07, 6.45) is 0.941. The SMILES string of the molecule is Nc1ccc(-c2nn3c(C4CCOC4)nnc3s2)cc1O. The summed E-state index contributed by atoms with van der Waals surface area (Å²) >= 11 is 1.43. The van der Waals surface area contributed by atoms with Crippen molar-refractivity contribution in [2.75, 3.05) is 18.9 Å². The van der Waals surface area contributed by atoms with Crippen LogP contribution >= 0.6 is 11.3 Å². The fraction of sp³-hybridized carbons (Fsp3) is 0.308. The molecule has 0 amide bonds. The molecule has 108 valence electrons. The smallest absolute Gasteiger partial charge is 0.234 e. The molecule has 0 aliphatic carbocycles. The summed E-state index contributed by atoms with van der Waals surface area (Å²) in [7, 11) is 0. The molecule has 3 heterocycles. The van der Waals surface area contributed by atoms with Gasteiger partial charge in [0.2, 0.25) is 4.96 Å². The van der Waals surface area contributed by atoms with Crippen LogP contribution in [0.5, 0.6) is 5.75 Å². The molecule has 1 aliphatic rings. The van der Waals surface area contributed by atoms with Gasteiger partial charge in [0.1, 0.15) is 10.8 Å². The number of ether oxygens (including phenoxy) is 1. The van der Waals surface area contributed by atoms with Gasteiger partial charge in [-0.05, 0) is 24.6 Å². The Kier molecular flexibility index (Phi) is 2.79. The van der Waals surface area contributed by atoms with E-state index >= 15 is 0 Å². The quantitative estimate of drug-likeness (QED) is 0.551. The summed E-state index contributed by atoms with van der Waals surface area (Å²) in [5.41, 5.74) is 6.78. The van der Waals surface area contributed by atoms with Crippen molar-refractivity contribution in [3.05, 3.63) is 24.0 Å². The van der Waals surface area contributed by atoms with Crippen LogP contribution in [0.15, 0.2) is 18.2 Å². The molecule has 1 unspecified atom stereocenters. The number of hydrogen-bond donors (Lipinski definition) is 2.